The second-order valence-electron chi connectivity index (χ2n) is 12.1. The second kappa shape index (κ2) is 10.5. The van der Waals surface area contributed by atoms with Crippen LogP contribution in [0.25, 0.3) is 98.2 Å². The lowest BCUT2D eigenvalue weighted by atomic mass is 9.86. The highest BCUT2D eigenvalue weighted by Gasteiger charge is 2.39. The van der Waals surface area contributed by atoms with Crippen molar-refractivity contribution >= 4 is 102 Å². The van der Waals surface area contributed by atoms with E-state index in [1.807, 2.05) is 114 Å². The number of aromatic nitrogens is 4. The summed E-state index contributed by atoms with van der Waals surface area (Å²) in [6.07, 6.45) is 0. The van der Waals surface area contributed by atoms with Gasteiger partial charge in [-0.1, -0.05) is 77.9 Å². The fourth-order valence-corrected chi connectivity index (χ4v) is 10.1. The van der Waals surface area contributed by atoms with Gasteiger partial charge in [-0.3, -0.25) is 9.20 Å². The molecule has 250 valence electrons. The number of benzene rings is 7. The fraction of sp³-hybridized carbons (Fsp3) is 0.143. The molecule has 5 heterocycles. The van der Waals surface area contributed by atoms with Crippen molar-refractivity contribution < 1.29 is 13.0 Å². The number of pyridine rings is 2. The van der Waals surface area contributed by atoms with Crippen LogP contribution < -0.4 is 15.7 Å². The van der Waals surface area contributed by atoms with Crippen LogP contribution in [0.4, 0.5) is 0 Å². The van der Waals surface area contributed by atoms with E-state index in [0.29, 0.717) is 60.2 Å². The van der Waals surface area contributed by atoms with Crippen molar-refractivity contribution in [3.05, 3.63) is 106 Å². The quantitative estimate of drug-likeness (QED) is 0.0973. The van der Waals surface area contributed by atoms with E-state index in [2.05, 4.69) is 4.98 Å². The van der Waals surface area contributed by atoms with Crippen LogP contribution in [0.5, 0.6) is 0 Å². The van der Waals surface area contributed by atoms with Crippen LogP contribution >= 0.6 is 0 Å². The first kappa shape index (κ1) is 31.1. The predicted octanol–water partition coefficient (Wildman–Crippen LogP) is 8.86. The van der Waals surface area contributed by atoms with Crippen molar-refractivity contribution in [1.82, 2.24) is 14.4 Å². The van der Waals surface area contributed by atoms with E-state index in [0.717, 1.165) is 38.0 Å². The zero-order chi connectivity index (χ0) is 35.7. The summed E-state index contributed by atoms with van der Waals surface area (Å²) in [4.78, 5) is 36.8. The summed E-state index contributed by atoms with van der Waals surface area (Å²) in [5.74, 6) is 0.439. The molecule has 12 rings (SSSR count). The molecule has 0 atom stereocenters. The lowest BCUT2D eigenvalue weighted by Gasteiger charge is -2.17. The number of fused-ring (bicyclic) bond motifs is 9. The van der Waals surface area contributed by atoms with E-state index >= 15 is 0 Å². The van der Waals surface area contributed by atoms with E-state index in [1.165, 1.54) is 0 Å². The van der Waals surface area contributed by atoms with Gasteiger partial charge in [0.25, 0.3) is 5.56 Å². The Balaban J connectivity index is 0.000000554. The summed E-state index contributed by atoms with van der Waals surface area (Å²) >= 11 is 0. The molecular formula is C42H33N4O4S+. The number of imidazole rings is 2. The van der Waals surface area contributed by atoms with Crippen molar-refractivity contribution in [2.45, 2.75) is 51.3 Å². The third-order valence-corrected chi connectivity index (χ3v) is 12.0. The molecule has 2 aromatic heterocycles. The van der Waals surface area contributed by atoms with Crippen LogP contribution in [0, 0.1) is 0 Å². The molecule has 51 heavy (non-hydrogen) atoms. The molecule has 3 aliphatic heterocycles. The van der Waals surface area contributed by atoms with Crippen LogP contribution in [0.15, 0.2) is 104 Å². The number of nitrogens with one attached hydrogen (secondary N) is 1. The van der Waals surface area contributed by atoms with Gasteiger partial charge in [0.2, 0.25) is 15.4 Å². The highest BCUT2D eigenvalue weighted by atomic mass is 32.2. The Hall–Kier alpha value is -5.93. The predicted molar refractivity (Wildman–Crippen MR) is 208 cm³/mol. The molecule has 0 bridgehead atoms. The fourth-order valence-electron chi connectivity index (χ4n) is 8.42. The number of para-hydroxylation sites is 4. The normalized spacial score (nSPS) is 13.4. The summed E-state index contributed by atoms with van der Waals surface area (Å²) in [7, 11) is -3.99. The Labute approximate surface area is 291 Å². The topological polar surface area (TPSA) is 105 Å². The first-order chi connectivity index (χ1) is 24.9. The van der Waals surface area contributed by atoms with Gasteiger partial charge >= 0.3 is 11.4 Å². The molecule has 0 unspecified atom stereocenters. The Kier molecular flexibility index (Phi) is 6.42. The summed E-state index contributed by atoms with van der Waals surface area (Å²) in [5.41, 5.74) is 3.07. The van der Waals surface area contributed by atoms with Crippen molar-refractivity contribution in [3.63, 3.8) is 0 Å². The largest absolute Gasteiger partial charge is 0.347 e. The van der Waals surface area contributed by atoms with Gasteiger partial charge in [-0.25, -0.2) is 13.2 Å². The minimum atomic E-state index is -3.99. The van der Waals surface area contributed by atoms with Crippen molar-refractivity contribution in [3.8, 4) is 5.82 Å². The number of aromatic amines is 1. The van der Waals surface area contributed by atoms with Crippen LogP contribution in [-0.4, -0.2) is 22.8 Å². The van der Waals surface area contributed by atoms with Crippen LogP contribution in [0.1, 0.15) is 41.5 Å². The maximum atomic E-state index is 14.6. The van der Waals surface area contributed by atoms with E-state index in [-0.39, 0.29) is 20.9 Å². The molecule has 0 saturated carbocycles. The lowest BCUT2D eigenvalue weighted by Crippen LogP contribution is -2.47. The number of nitrogens with zero attached hydrogens (tertiary/aromatic N) is 3. The summed E-state index contributed by atoms with van der Waals surface area (Å²) in [5, 5.41) is 8.18. The van der Waals surface area contributed by atoms with Gasteiger partial charge in [-0.15, -0.1) is 4.57 Å². The van der Waals surface area contributed by atoms with Gasteiger partial charge < -0.3 is 4.98 Å². The van der Waals surface area contributed by atoms with Crippen LogP contribution in [-0.2, 0) is 9.84 Å². The Morgan fingerprint density at radius 2 is 1.18 bits per heavy atom. The molecule has 0 radical (unpaired) electrons. The second-order valence-corrected chi connectivity index (χ2v) is 14.0. The number of hydrogen-bond acceptors (Lipinski definition) is 5. The van der Waals surface area contributed by atoms with E-state index in [1.54, 1.807) is 21.1 Å². The van der Waals surface area contributed by atoms with Crippen molar-refractivity contribution in [2.75, 3.05) is 0 Å². The minimum Gasteiger partial charge on any atom is -0.339 e. The van der Waals surface area contributed by atoms with Gasteiger partial charge in [-0.05, 0) is 64.3 Å². The van der Waals surface area contributed by atoms with Gasteiger partial charge in [0, 0.05) is 43.1 Å². The van der Waals surface area contributed by atoms with E-state index < -0.39 is 9.84 Å². The average Bonchev–Trinajstić information content (AvgIpc) is 3.83. The number of rotatable bonds is 0. The lowest BCUT2D eigenvalue weighted by molar-refractivity contribution is -0.580. The molecule has 0 aliphatic carbocycles. The number of H-pyrrole nitrogens is 1. The maximum Gasteiger partial charge on any atom is 0.347 e. The van der Waals surface area contributed by atoms with Crippen LogP contribution in [0.3, 0.4) is 0 Å². The SMILES string of the molecule is CC.CC.CC.O=c1c2ccc3c4ccc5c(=O)[n+]6c7ccccc7nc-6c6cc7c(c8c(cc(c2c38)c2[nH]c3ccccc3n12)S7(=O)=O)c4c65. The molecule has 0 amide bonds. The maximum absolute atomic E-state index is 14.6. The summed E-state index contributed by atoms with van der Waals surface area (Å²) in [6.45, 7) is 12.0. The Morgan fingerprint density at radius 1 is 0.608 bits per heavy atom. The molecule has 9 heteroatoms. The molecule has 0 saturated heterocycles. The highest BCUT2D eigenvalue weighted by molar-refractivity contribution is 7.92. The third-order valence-electron chi connectivity index (χ3n) is 10.2. The van der Waals surface area contributed by atoms with Gasteiger partial charge in [0.05, 0.1) is 31.6 Å². The first-order valence-corrected chi connectivity index (χ1v) is 19.1. The smallest absolute Gasteiger partial charge is 0.339 e. The summed E-state index contributed by atoms with van der Waals surface area (Å²) < 4.78 is 32.5. The van der Waals surface area contributed by atoms with Crippen molar-refractivity contribution in [1.29, 1.82) is 0 Å². The summed E-state index contributed by atoms with van der Waals surface area (Å²) in [6, 6.07) is 26.0. The Morgan fingerprint density at radius 3 is 1.88 bits per heavy atom. The molecule has 9 aromatic rings. The first-order valence-electron chi connectivity index (χ1n) is 17.6. The van der Waals surface area contributed by atoms with E-state index in [4.69, 9.17) is 4.98 Å². The molecular weight excluding hydrogens is 657 g/mol. The number of sulfone groups is 1. The minimum absolute atomic E-state index is 0.164. The zero-order valence-electron chi connectivity index (χ0n) is 29.0. The number of hydrogen-bond donors (Lipinski definition) is 1. The highest BCUT2D eigenvalue weighted by Crippen LogP contribution is 2.54. The van der Waals surface area contributed by atoms with Crippen molar-refractivity contribution in [2.24, 2.45) is 0 Å². The van der Waals surface area contributed by atoms with Gasteiger partial charge in [0.15, 0.2) is 5.52 Å². The third kappa shape index (κ3) is 3.46. The molecule has 0 spiro atoms. The van der Waals surface area contributed by atoms with Gasteiger partial charge in [-0.2, -0.15) is 0 Å². The average molecular weight is 690 g/mol. The standard InChI is InChI=1S/C36H14N4O4S.3C2H6/c41-35-17-11-9-15-16-10-12-18-28-20(34-38-22-6-2-4-8-24(22)40(34)36(18)42)14-26-32(30(16)28)31-25(45(26,43)44)13-19(27(17)29(15)31)33-37-21-5-1-3-7-23(21)39(33)35;3*1-2/h1-14H;3*1-2H3/p+1. The van der Waals surface area contributed by atoms with Crippen LogP contribution in [0.2, 0.25) is 0 Å². The molecule has 7 aromatic carbocycles. The molecule has 3 aliphatic rings. The zero-order valence-corrected chi connectivity index (χ0v) is 29.8. The van der Waals surface area contributed by atoms with E-state index in [9.17, 15) is 18.0 Å². The molecule has 8 nitrogen and oxygen atoms in total. The Bertz CT molecular complexity index is 3380. The molecule has 0 fully saturated rings. The van der Waals surface area contributed by atoms with Gasteiger partial charge in [0.1, 0.15) is 5.65 Å². The monoisotopic (exact) mass is 689 g/mol. The molecule has 1 N–H and O–H groups in total.